The Kier molecular flexibility index (Phi) is 11.0. The minimum absolute atomic E-state index is 0.0136. The molecule has 2 aromatic carbocycles. The maximum atomic E-state index is 11.3. The Labute approximate surface area is 235 Å². The summed E-state index contributed by atoms with van der Waals surface area (Å²) >= 11 is 0. The third-order valence-electron chi connectivity index (χ3n) is 8.74. The molecule has 2 aromatic rings. The molecule has 38 heavy (non-hydrogen) atoms. The molecule has 3 nitrogen and oxygen atoms in total. The van der Waals surface area contributed by atoms with E-state index in [1.807, 2.05) is 13.0 Å². The molecule has 5 heteroatoms. The van der Waals surface area contributed by atoms with E-state index in [0.29, 0.717) is 6.61 Å². The highest BCUT2D eigenvalue weighted by atomic mass is 28.4. The minimum Gasteiger partial charge on any atom is -0.413 e. The molecule has 0 fully saturated rings. The lowest BCUT2D eigenvalue weighted by atomic mass is 9.84. The first-order valence-electron chi connectivity index (χ1n) is 14.2. The smallest absolute Gasteiger partial charge is 0.261 e. The molecule has 2 rings (SSSR count). The first kappa shape index (κ1) is 32.7. The quantitative estimate of drug-likeness (QED) is 0.219. The van der Waals surface area contributed by atoms with E-state index in [0.717, 1.165) is 0 Å². The Morgan fingerprint density at radius 2 is 1.26 bits per heavy atom. The fourth-order valence-corrected chi connectivity index (χ4v) is 11.3. The number of aliphatic hydroxyl groups is 1. The van der Waals surface area contributed by atoms with Crippen molar-refractivity contribution >= 4 is 27.0 Å². The van der Waals surface area contributed by atoms with E-state index in [1.165, 1.54) is 10.4 Å². The van der Waals surface area contributed by atoms with Gasteiger partial charge in [-0.1, -0.05) is 129 Å². The molecule has 212 valence electrons. The highest BCUT2D eigenvalue weighted by Gasteiger charge is 2.51. The summed E-state index contributed by atoms with van der Waals surface area (Å²) in [4.78, 5) is 0. The van der Waals surface area contributed by atoms with Crippen LogP contribution in [0.4, 0.5) is 0 Å². The Hall–Kier alpha value is -1.51. The van der Waals surface area contributed by atoms with Gasteiger partial charge < -0.3 is 14.0 Å². The van der Waals surface area contributed by atoms with Gasteiger partial charge in [-0.05, 0) is 33.5 Å². The van der Waals surface area contributed by atoms with Crippen LogP contribution in [0.5, 0.6) is 0 Å². The largest absolute Gasteiger partial charge is 0.413 e. The van der Waals surface area contributed by atoms with Crippen molar-refractivity contribution in [3.05, 3.63) is 73.3 Å². The normalized spacial score (nSPS) is 17.4. The Balaban J connectivity index is 2.54. The maximum Gasteiger partial charge on any atom is 0.261 e. The zero-order valence-electron chi connectivity index (χ0n) is 25.9. The SMILES string of the molecule is C=C[C@@H](C)[C@@H](O)[C@H](C)[C@H](O[Si](C)(C)C(C)(C)C)[C@H](C)CO[Si](c1ccccc1)(c1ccccc1)C(C)(C)C. The molecule has 0 bridgehead atoms. The van der Waals surface area contributed by atoms with Crippen molar-refractivity contribution in [3.63, 3.8) is 0 Å². The molecule has 0 aliphatic heterocycles. The highest BCUT2D eigenvalue weighted by Crippen LogP contribution is 2.41. The molecular weight excluding hydrogens is 501 g/mol. The lowest BCUT2D eigenvalue weighted by molar-refractivity contribution is -0.0228. The van der Waals surface area contributed by atoms with Gasteiger partial charge >= 0.3 is 0 Å². The molecule has 0 unspecified atom stereocenters. The van der Waals surface area contributed by atoms with Crippen molar-refractivity contribution in [2.45, 2.75) is 97.7 Å². The van der Waals surface area contributed by atoms with E-state index in [4.69, 9.17) is 8.85 Å². The first-order valence-corrected chi connectivity index (χ1v) is 19.0. The summed E-state index contributed by atoms with van der Waals surface area (Å²) in [6, 6.07) is 21.6. The van der Waals surface area contributed by atoms with Crippen molar-refractivity contribution in [2.75, 3.05) is 6.61 Å². The van der Waals surface area contributed by atoms with Crippen LogP contribution in [-0.4, -0.2) is 40.6 Å². The average Bonchev–Trinajstić information content (AvgIpc) is 2.86. The van der Waals surface area contributed by atoms with Gasteiger partial charge in [0.05, 0.1) is 12.2 Å². The fraction of sp³-hybridized carbons (Fsp3) is 0.576. The lowest BCUT2D eigenvalue weighted by Crippen LogP contribution is -2.67. The summed E-state index contributed by atoms with van der Waals surface area (Å²) in [7, 11) is -4.77. The van der Waals surface area contributed by atoms with Gasteiger partial charge in [0.15, 0.2) is 8.32 Å². The Morgan fingerprint density at radius 3 is 1.63 bits per heavy atom. The maximum absolute atomic E-state index is 11.3. The summed E-state index contributed by atoms with van der Waals surface area (Å²) < 4.78 is 14.4. The first-order chi connectivity index (χ1) is 17.5. The van der Waals surface area contributed by atoms with Gasteiger partial charge in [0.1, 0.15) is 0 Å². The van der Waals surface area contributed by atoms with Gasteiger partial charge in [0.2, 0.25) is 0 Å². The van der Waals surface area contributed by atoms with Crippen molar-refractivity contribution in [3.8, 4) is 0 Å². The zero-order valence-corrected chi connectivity index (χ0v) is 27.9. The molecule has 0 heterocycles. The van der Waals surface area contributed by atoms with Gasteiger partial charge in [-0.3, -0.25) is 0 Å². The van der Waals surface area contributed by atoms with Gasteiger partial charge in [-0.25, -0.2) is 0 Å². The molecule has 0 aliphatic carbocycles. The van der Waals surface area contributed by atoms with Crippen molar-refractivity contribution in [1.82, 2.24) is 0 Å². The van der Waals surface area contributed by atoms with E-state index in [2.05, 4.69) is 136 Å². The number of hydrogen-bond acceptors (Lipinski definition) is 3. The average molecular weight is 555 g/mol. The molecule has 0 saturated heterocycles. The van der Waals surface area contributed by atoms with Crippen LogP contribution in [0.15, 0.2) is 73.3 Å². The summed E-state index contributed by atoms with van der Waals surface area (Å²) in [6.07, 6.45) is 1.18. The van der Waals surface area contributed by atoms with Crippen LogP contribution < -0.4 is 10.4 Å². The molecule has 1 N–H and O–H groups in total. The number of aliphatic hydroxyl groups excluding tert-OH is 1. The molecule has 0 amide bonds. The van der Waals surface area contributed by atoms with E-state index >= 15 is 0 Å². The Bertz CT molecular complexity index is 953. The molecule has 0 aliphatic rings. The Morgan fingerprint density at radius 1 is 0.816 bits per heavy atom. The van der Waals surface area contributed by atoms with E-state index < -0.39 is 22.7 Å². The van der Waals surface area contributed by atoms with Gasteiger partial charge in [0, 0.05) is 24.4 Å². The number of rotatable bonds is 12. The molecule has 0 aromatic heterocycles. The zero-order chi connectivity index (χ0) is 28.9. The van der Waals surface area contributed by atoms with Crippen LogP contribution in [0.1, 0.15) is 62.3 Å². The van der Waals surface area contributed by atoms with Crippen molar-refractivity contribution < 1.29 is 14.0 Å². The summed E-state index contributed by atoms with van der Waals surface area (Å²) in [5, 5.41) is 13.8. The van der Waals surface area contributed by atoms with Crippen LogP contribution >= 0.6 is 0 Å². The van der Waals surface area contributed by atoms with Gasteiger partial charge in [-0.2, -0.15) is 0 Å². The monoisotopic (exact) mass is 554 g/mol. The van der Waals surface area contributed by atoms with Crippen molar-refractivity contribution in [2.24, 2.45) is 17.8 Å². The van der Waals surface area contributed by atoms with Gasteiger partial charge in [0.25, 0.3) is 8.32 Å². The summed E-state index contributed by atoms with van der Waals surface area (Å²) in [5.41, 5.74) is 0. The topological polar surface area (TPSA) is 38.7 Å². The predicted octanol–water partition coefficient (Wildman–Crippen LogP) is 7.41. The second-order valence-corrected chi connectivity index (χ2v) is 22.8. The van der Waals surface area contributed by atoms with Gasteiger partial charge in [-0.15, -0.1) is 6.58 Å². The fourth-order valence-electron chi connectivity index (χ4n) is 5.18. The highest BCUT2D eigenvalue weighted by molar-refractivity contribution is 6.99. The predicted molar refractivity (Wildman–Crippen MR) is 169 cm³/mol. The van der Waals surface area contributed by atoms with Crippen LogP contribution in [0.3, 0.4) is 0 Å². The number of hydrogen-bond donors (Lipinski definition) is 1. The summed E-state index contributed by atoms with van der Waals surface area (Å²) in [5.74, 6) is 0.0163. The van der Waals surface area contributed by atoms with Crippen LogP contribution in [-0.2, 0) is 8.85 Å². The lowest BCUT2D eigenvalue weighted by Gasteiger charge is -2.46. The van der Waals surface area contributed by atoms with E-state index in [1.54, 1.807) is 0 Å². The standard InChI is InChI=1S/C33H54O3Si2/c1-13-25(2)30(34)27(4)31(36-37(11,12)32(5,6)7)26(3)24-35-38(33(8,9)10,28-20-16-14-17-21-28)29-22-18-15-19-23-29/h13-23,25-27,30-31,34H,1,24H2,2-12H3/t25-,26-,27+,30-,31-/m1/s1. The minimum atomic E-state index is -2.67. The molecule has 0 radical (unpaired) electrons. The van der Waals surface area contributed by atoms with Crippen molar-refractivity contribution in [1.29, 1.82) is 0 Å². The molecule has 0 spiro atoms. The second kappa shape index (κ2) is 12.8. The van der Waals surface area contributed by atoms with Crippen LogP contribution in [0.25, 0.3) is 0 Å². The van der Waals surface area contributed by atoms with E-state index in [-0.39, 0.29) is 33.9 Å². The summed E-state index contributed by atoms with van der Waals surface area (Å²) in [6.45, 7) is 29.2. The third-order valence-corrected chi connectivity index (χ3v) is 18.2. The third kappa shape index (κ3) is 7.16. The molecule has 0 saturated carbocycles. The molecular formula is C33H54O3Si2. The van der Waals surface area contributed by atoms with Crippen LogP contribution in [0.2, 0.25) is 23.2 Å². The van der Waals surface area contributed by atoms with E-state index in [9.17, 15) is 5.11 Å². The second-order valence-electron chi connectivity index (χ2n) is 13.7. The number of benzene rings is 2. The molecule has 5 atom stereocenters. The van der Waals surface area contributed by atoms with Crippen LogP contribution in [0, 0.1) is 17.8 Å².